The molecular weight excluding hydrogens is 456 g/mol. The van der Waals surface area contributed by atoms with Crippen molar-refractivity contribution in [2.45, 2.75) is 96.1 Å². The van der Waals surface area contributed by atoms with Crippen LogP contribution in [0.25, 0.3) is 0 Å². The summed E-state index contributed by atoms with van der Waals surface area (Å²) in [6, 6.07) is 7.80. The van der Waals surface area contributed by atoms with Gasteiger partial charge in [-0.2, -0.15) is 0 Å². The number of methoxy groups -OCH3 is 1. The number of hydrogen-bond acceptors (Lipinski definition) is 6. The molecule has 7 atom stereocenters. The lowest BCUT2D eigenvalue weighted by molar-refractivity contribution is -0.305. The Morgan fingerprint density at radius 1 is 1.22 bits per heavy atom. The smallest absolute Gasteiger partial charge is 0.202 e. The maximum atomic E-state index is 11.1. The summed E-state index contributed by atoms with van der Waals surface area (Å²) in [6.45, 7) is 15.9. The predicted molar refractivity (Wildman–Crippen MR) is 144 cm³/mol. The number of aliphatic hydroxyl groups excluding tert-OH is 1. The van der Waals surface area contributed by atoms with Crippen LogP contribution in [0.5, 0.6) is 5.75 Å². The molecular formula is C30H46O6. The number of rotatable bonds is 14. The molecule has 0 unspecified atom stereocenters. The van der Waals surface area contributed by atoms with Gasteiger partial charge in [0.1, 0.15) is 11.4 Å². The summed E-state index contributed by atoms with van der Waals surface area (Å²) in [5.41, 5.74) is 0.312. The van der Waals surface area contributed by atoms with Crippen molar-refractivity contribution in [1.82, 2.24) is 0 Å². The van der Waals surface area contributed by atoms with Crippen LogP contribution in [0.15, 0.2) is 61.2 Å². The van der Waals surface area contributed by atoms with Gasteiger partial charge in [0.15, 0.2) is 0 Å². The summed E-state index contributed by atoms with van der Waals surface area (Å²) in [7, 11) is 1.64. The van der Waals surface area contributed by atoms with E-state index in [9.17, 15) is 15.3 Å². The van der Waals surface area contributed by atoms with E-state index >= 15 is 0 Å². The first-order valence-corrected chi connectivity index (χ1v) is 12.9. The number of benzene rings is 1. The molecule has 0 aliphatic carbocycles. The van der Waals surface area contributed by atoms with E-state index in [0.29, 0.717) is 32.3 Å². The zero-order valence-electron chi connectivity index (χ0n) is 22.7. The minimum atomic E-state index is -1.75. The van der Waals surface area contributed by atoms with Crippen molar-refractivity contribution in [3.8, 4) is 5.75 Å². The molecule has 2 rings (SSSR count). The Kier molecular flexibility index (Phi) is 11.4. The second kappa shape index (κ2) is 13.5. The lowest BCUT2D eigenvalue weighted by Gasteiger charge is -2.45. The fourth-order valence-electron chi connectivity index (χ4n) is 4.43. The molecule has 36 heavy (non-hydrogen) atoms. The van der Waals surface area contributed by atoms with Crippen LogP contribution in [0.1, 0.15) is 65.4 Å². The minimum Gasteiger partial charge on any atom is -0.497 e. The van der Waals surface area contributed by atoms with Crippen LogP contribution in [-0.4, -0.2) is 52.1 Å². The Morgan fingerprint density at radius 3 is 2.50 bits per heavy atom. The molecule has 0 bridgehead atoms. The van der Waals surface area contributed by atoms with Crippen molar-refractivity contribution in [3.63, 3.8) is 0 Å². The Morgan fingerprint density at radius 2 is 1.89 bits per heavy atom. The molecule has 0 radical (unpaired) electrons. The van der Waals surface area contributed by atoms with E-state index in [0.717, 1.165) is 16.9 Å². The number of allylic oxidation sites excluding steroid dienone is 1. The highest BCUT2D eigenvalue weighted by Crippen LogP contribution is 2.39. The zero-order valence-corrected chi connectivity index (χ0v) is 22.7. The SMILES string of the molecule is C=CC[C@H]1CC(=C)C[C@@](O)([C@](C)(O)/C=C/C[C@H](C)[C@H](O)C[C@H](C)[C@H](C)OCc2ccc(OC)cc2)O1. The van der Waals surface area contributed by atoms with Gasteiger partial charge in [0.05, 0.1) is 32.0 Å². The predicted octanol–water partition coefficient (Wildman–Crippen LogP) is 5.32. The first-order valence-electron chi connectivity index (χ1n) is 12.9. The van der Waals surface area contributed by atoms with Crippen molar-refractivity contribution in [2.75, 3.05) is 7.11 Å². The normalized spacial score (nSPS) is 25.7. The van der Waals surface area contributed by atoms with Crippen LogP contribution in [0.3, 0.4) is 0 Å². The van der Waals surface area contributed by atoms with E-state index < -0.39 is 17.5 Å². The average molecular weight is 503 g/mol. The van der Waals surface area contributed by atoms with Crippen LogP contribution >= 0.6 is 0 Å². The number of hydrogen-bond donors (Lipinski definition) is 3. The van der Waals surface area contributed by atoms with Gasteiger partial charge in [-0.3, -0.25) is 0 Å². The molecule has 6 heteroatoms. The number of ether oxygens (including phenoxy) is 3. The molecule has 1 aliphatic rings. The molecule has 202 valence electrons. The van der Waals surface area contributed by atoms with Gasteiger partial charge in [0.2, 0.25) is 5.79 Å². The highest BCUT2D eigenvalue weighted by molar-refractivity contribution is 5.26. The van der Waals surface area contributed by atoms with E-state index in [-0.39, 0.29) is 30.5 Å². The zero-order chi connectivity index (χ0) is 26.9. The summed E-state index contributed by atoms with van der Waals surface area (Å²) >= 11 is 0. The van der Waals surface area contributed by atoms with E-state index in [2.05, 4.69) is 20.1 Å². The molecule has 0 aromatic heterocycles. The standard InChI is InChI=1S/C30H46O6/c1-8-10-27-17-21(2)19-30(33,36-27)29(6,32)16-9-11-22(3)28(31)18-23(4)24(5)35-20-25-12-14-26(34-7)15-13-25/h8-9,12-16,22-24,27-28,31-33H,1-2,10-11,17-20H2,3-7H3/b16-9+/t22-,23-,24-,27-,28+,29+,30-/m0/s1. The molecule has 1 aromatic carbocycles. The summed E-state index contributed by atoms with van der Waals surface area (Å²) in [5, 5.41) is 32.9. The summed E-state index contributed by atoms with van der Waals surface area (Å²) in [5.74, 6) is -0.800. The highest BCUT2D eigenvalue weighted by atomic mass is 16.6. The van der Waals surface area contributed by atoms with Gasteiger partial charge in [-0.05, 0) is 69.1 Å². The molecule has 1 aromatic rings. The second-order valence-corrected chi connectivity index (χ2v) is 10.6. The molecule has 0 spiro atoms. The van der Waals surface area contributed by atoms with Gasteiger partial charge < -0.3 is 29.5 Å². The Balaban J connectivity index is 1.84. The largest absolute Gasteiger partial charge is 0.497 e. The minimum absolute atomic E-state index is 0.0143. The van der Waals surface area contributed by atoms with Crippen molar-refractivity contribution in [3.05, 3.63) is 66.8 Å². The van der Waals surface area contributed by atoms with Crippen LogP contribution in [-0.2, 0) is 16.1 Å². The van der Waals surface area contributed by atoms with E-state index in [1.807, 2.05) is 44.2 Å². The maximum absolute atomic E-state index is 11.1. The van der Waals surface area contributed by atoms with Crippen LogP contribution in [0, 0.1) is 11.8 Å². The summed E-state index contributed by atoms with van der Waals surface area (Å²) in [6.07, 6.45) is 6.86. The quantitative estimate of drug-likeness (QED) is 0.298. The third-order valence-electron chi connectivity index (χ3n) is 7.28. The van der Waals surface area contributed by atoms with Gasteiger partial charge in [-0.1, -0.05) is 56.4 Å². The molecule has 0 amide bonds. The molecule has 1 saturated heterocycles. The van der Waals surface area contributed by atoms with Crippen molar-refractivity contribution >= 4 is 0 Å². The third-order valence-corrected chi connectivity index (χ3v) is 7.28. The second-order valence-electron chi connectivity index (χ2n) is 10.6. The molecule has 1 aliphatic heterocycles. The fraction of sp³-hybridized carbons (Fsp3) is 0.600. The van der Waals surface area contributed by atoms with E-state index in [1.165, 1.54) is 6.92 Å². The van der Waals surface area contributed by atoms with Gasteiger partial charge in [0.25, 0.3) is 0 Å². The Hall–Kier alpha value is -1.96. The van der Waals surface area contributed by atoms with Crippen LogP contribution in [0.4, 0.5) is 0 Å². The molecule has 1 heterocycles. The summed E-state index contributed by atoms with van der Waals surface area (Å²) < 4.78 is 17.1. The highest BCUT2D eigenvalue weighted by Gasteiger charge is 2.49. The lowest BCUT2D eigenvalue weighted by atomic mass is 9.83. The van der Waals surface area contributed by atoms with E-state index in [4.69, 9.17) is 14.2 Å². The fourth-order valence-corrected chi connectivity index (χ4v) is 4.43. The van der Waals surface area contributed by atoms with Crippen molar-refractivity contribution in [2.24, 2.45) is 11.8 Å². The van der Waals surface area contributed by atoms with Gasteiger partial charge >= 0.3 is 0 Å². The molecule has 6 nitrogen and oxygen atoms in total. The monoisotopic (exact) mass is 502 g/mol. The Labute approximate surface area is 217 Å². The van der Waals surface area contributed by atoms with Crippen molar-refractivity contribution < 1.29 is 29.5 Å². The van der Waals surface area contributed by atoms with Gasteiger partial charge in [-0.15, -0.1) is 6.58 Å². The maximum Gasteiger partial charge on any atom is 0.202 e. The molecule has 3 N–H and O–H groups in total. The van der Waals surface area contributed by atoms with Gasteiger partial charge in [0, 0.05) is 6.42 Å². The summed E-state index contributed by atoms with van der Waals surface area (Å²) in [4.78, 5) is 0. The van der Waals surface area contributed by atoms with E-state index in [1.54, 1.807) is 19.3 Å². The topological polar surface area (TPSA) is 88.4 Å². The lowest BCUT2D eigenvalue weighted by Crippen LogP contribution is -2.56. The van der Waals surface area contributed by atoms with Crippen LogP contribution < -0.4 is 4.74 Å². The third kappa shape index (κ3) is 8.56. The van der Waals surface area contributed by atoms with Crippen molar-refractivity contribution in [1.29, 1.82) is 0 Å². The van der Waals surface area contributed by atoms with Crippen LogP contribution in [0.2, 0.25) is 0 Å². The first kappa shape index (κ1) is 30.3. The first-order chi connectivity index (χ1) is 16.9. The van der Waals surface area contributed by atoms with Gasteiger partial charge in [-0.25, -0.2) is 0 Å². The molecule has 1 fully saturated rings. The number of aliphatic hydroxyl groups is 3. The molecule has 0 saturated carbocycles. The average Bonchev–Trinajstić information content (AvgIpc) is 2.82. The Bertz CT molecular complexity index is 861.